The lowest BCUT2D eigenvalue weighted by Crippen LogP contribution is -2.28. The molecule has 3 rings (SSSR count). The standard InChI is InChI=1S/C18H19F3N4O2S/c1-2-4-13-6-8-14(9-7-13)28(26,27)23-11-12-25-16-15(5-3-10-22-16)24-17(25)18(19,20)21/h3,5-10,23H,2,4,11-12H2,1H3. The topological polar surface area (TPSA) is 76.9 Å². The molecule has 6 nitrogen and oxygen atoms in total. The van der Waals surface area contributed by atoms with Gasteiger partial charge >= 0.3 is 6.18 Å². The minimum Gasteiger partial charge on any atom is -0.304 e. The fraction of sp³-hybridized carbons (Fsp3) is 0.333. The van der Waals surface area contributed by atoms with Crippen molar-refractivity contribution in [1.82, 2.24) is 19.3 Å². The number of aromatic nitrogens is 3. The van der Waals surface area contributed by atoms with Gasteiger partial charge in [0.25, 0.3) is 0 Å². The van der Waals surface area contributed by atoms with E-state index in [-0.39, 0.29) is 29.1 Å². The Labute approximate surface area is 160 Å². The number of aryl methyl sites for hydroxylation is 1. The van der Waals surface area contributed by atoms with E-state index in [4.69, 9.17) is 0 Å². The lowest BCUT2D eigenvalue weighted by Gasteiger charge is -2.12. The molecular formula is C18H19F3N4O2S. The van der Waals surface area contributed by atoms with Gasteiger partial charge < -0.3 is 4.57 Å². The van der Waals surface area contributed by atoms with Gasteiger partial charge in [-0.05, 0) is 36.2 Å². The summed E-state index contributed by atoms with van der Waals surface area (Å²) in [6, 6.07) is 9.35. The maximum atomic E-state index is 13.3. The Kier molecular flexibility index (Phi) is 5.71. The molecule has 0 radical (unpaired) electrons. The normalized spacial score (nSPS) is 12.6. The molecule has 0 atom stereocenters. The van der Waals surface area contributed by atoms with Gasteiger partial charge in [-0.25, -0.2) is 23.1 Å². The first-order valence-corrected chi connectivity index (χ1v) is 10.2. The van der Waals surface area contributed by atoms with Gasteiger partial charge in [0.2, 0.25) is 15.8 Å². The molecule has 1 N–H and O–H groups in total. The molecule has 3 aromatic rings. The molecule has 0 spiro atoms. The van der Waals surface area contributed by atoms with Crippen LogP contribution in [-0.2, 0) is 29.2 Å². The number of pyridine rings is 1. The minimum atomic E-state index is -4.67. The van der Waals surface area contributed by atoms with Crippen LogP contribution in [0.3, 0.4) is 0 Å². The Balaban J connectivity index is 1.77. The van der Waals surface area contributed by atoms with Crippen LogP contribution in [0, 0.1) is 0 Å². The fourth-order valence-corrected chi connectivity index (χ4v) is 3.91. The van der Waals surface area contributed by atoms with Gasteiger partial charge in [-0.3, -0.25) is 0 Å². The van der Waals surface area contributed by atoms with Gasteiger partial charge in [0.1, 0.15) is 5.52 Å². The summed E-state index contributed by atoms with van der Waals surface area (Å²) in [6.45, 7) is 1.54. The summed E-state index contributed by atoms with van der Waals surface area (Å²) >= 11 is 0. The van der Waals surface area contributed by atoms with Crippen molar-refractivity contribution >= 4 is 21.2 Å². The third-order valence-electron chi connectivity index (χ3n) is 4.16. The highest BCUT2D eigenvalue weighted by atomic mass is 32.2. The van der Waals surface area contributed by atoms with Crippen molar-refractivity contribution in [2.75, 3.05) is 6.54 Å². The molecule has 10 heteroatoms. The first-order chi connectivity index (χ1) is 13.2. The Bertz CT molecular complexity index is 1060. The van der Waals surface area contributed by atoms with E-state index in [1.165, 1.54) is 30.5 Å². The van der Waals surface area contributed by atoms with E-state index in [1.54, 1.807) is 12.1 Å². The van der Waals surface area contributed by atoms with Gasteiger partial charge in [0, 0.05) is 19.3 Å². The maximum Gasteiger partial charge on any atom is 0.449 e. The van der Waals surface area contributed by atoms with Crippen LogP contribution in [0.5, 0.6) is 0 Å². The molecule has 0 bridgehead atoms. The van der Waals surface area contributed by atoms with Gasteiger partial charge in [-0.2, -0.15) is 13.2 Å². The number of rotatable bonds is 7. The summed E-state index contributed by atoms with van der Waals surface area (Å²) in [5, 5.41) is 0. The van der Waals surface area contributed by atoms with Crippen molar-refractivity contribution in [3.63, 3.8) is 0 Å². The Morgan fingerprint density at radius 3 is 2.50 bits per heavy atom. The van der Waals surface area contributed by atoms with Gasteiger partial charge in [-0.1, -0.05) is 25.5 Å². The van der Waals surface area contributed by atoms with Gasteiger partial charge in [-0.15, -0.1) is 0 Å². The van der Waals surface area contributed by atoms with E-state index in [1.807, 2.05) is 6.92 Å². The second kappa shape index (κ2) is 7.88. The van der Waals surface area contributed by atoms with E-state index in [9.17, 15) is 21.6 Å². The van der Waals surface area contributed by atoms with Crippen LogP contribution < -0.4 is 4.72 Å². The van der Waals surface area contributed by atoms with Crippen molar-refractivity contribution in [2.24, 2.45) is 0 Å². The zero-order chi connectivity index (χ0) is 20.4. The number of hydrogen-bond donors (Lipinski definition) is 1. The maximum absolute atomic E-state index is 13.3. The summed E-state index contributed by atoms with van der Waals surface area (Å²) in [7, 11) is -3.83. The number of nitrogens with one attached hydrogen (secondary N) is 1. The van der Waals surface area contributed by atoms with Crippen LogP contribution in [0.2, 0.25) is 0 Å². The largest absolute Gasteiger partial charge is 0.449 e. The number of halogens is 3. The SMILES string of the molecule is CCCc1ccc(S(=O)(=O)NCCn2c(C(F)(F)F)nc3cccnc32)cc1. The molecule has 28 heavy (non-hydrogen) atoms. The van der Waals surface area contributed by atoms with Crippen molar-refractivity contribution in [2.45, 2.75) is 37.4 Å². The highest BCUT2D eigenvalue weighted by molar-refractivity contribution is 7.89. The molecule has 0 fully saturated rings. The monoisotopic (exact) mass is 412 g/mol. The Morgan fingerprint density at radius 2 is 1.86 bits per heavy atom. The second-order valence-corrected chi connectivity index (χ2v) is 7.99. The number of fused-ring (bicyclic) bond motifs is 1. The molecule has 1 aromatic carbocycles. The van der Waals surface area contributed by atoms with E-state index >= 15 is 0 Å². The smallest absolute Gasteiger partial charge is 0.304 e. The molecule has 0 aliphatic carbocycles. The van der Waals surface area contributed by atoms with Crippen molar-refractivity contribution in [1.29, 1.82) is 0 Å². The number of sulfonamides is 1. The molecule has 0 saturated heterocycles. The summed E-state index contributed by atoms with van der Waals surface area (Å²) in [4.78, 5) is 7.59. The predicted octanol–water partition coefficient (Wildman–Crippen LogP) is 3.38. The highest BCUT2D eigenvalue weighted by Gasteiger charge is 2.37. The molecule has 0 saturated carbocycles. The molecule has 2 aromatic heterocycles. The Hall–Kier alpha value is -2.46. The van der Waals surface area contributed by atoms with E-state index in [2.05, 4.69) is 14.7 Å². The minimum absolute atomic E-state index is 0.0536. The fourth-order valence-electron chi connectivity index (χ4n) is 2.89. The summed E-state index contributed by atoms with van der Waals surface area (Å²) in [6.07, 6.45) is -1.52. The molecule has 0 amide bonds. The number of hydrogen-bond acceptors (Lipinski definition) is 4. The number of nitrogens with zero attached hydrogens (tertiary/aromatic N) is 3. The van der Waals surface area contributed by atoms with Crippen molar-refractivity contribution in [3.8, 4) is 0 Å². The van der Waals surface area contributed by atoms with Crippen molar-refractivity contribution in [3.05, 3.63) is 54.0 Å². The zero-order valence-corrected chi connectivity index (χ0v) is 15.9. The third-order valence-corrected chi connectivity index (χ3v) is 5.63. The molecule has 0 aliphatic heterocycles. The number of imidazole rings is 1. The van der Waals surface area contributed by atoms with Crippen molar-refractivity contribution < 1.29 is 21.6 Å². The van der Waals surface area contributed by atoms with Gasteiger partial charge in [0.15, 0.2) is 5.65 Å². The van der Waals surface area contributed by atoms with Crippen LogP contribution >= 0.6 is 0 Å². The average molecular weight is 412 g/mol. The quantitative estimate of drug-likeness (QED) is 0.646. The van der Waals surface area contributed by atoms with Crippen LogP contribution in [0.25, 0.3) is 11.2 Å². The molecule has 0 aliphatic rings. The van der Waals surface area contributed by atoms with Crippen LogP contribution in [0.15, 0.2) is 47.5 Å². The average Bonchev–Trinajstić information content (AvgIpc) is 3.02. The molecule has 0 unspecified atom stereocenters. The van der Waals surface area contributed by atoms with Crippen LogP contribution in [0.4, 0.5) is 13.2 Å². The predicted molar refractivity (Wildman–Crippen MR) is 98.2 cm³/mol. The van der Waals surface area contributed by atoms with Crippen LogP contribution in [-0.4, -0.2) is 29.5 Å². The third kappa shape index (κ3) is 4.33. The molecule has 150 valence electrons. The zero-order valence-electron chi connectivity index (χ0n) is 15.1. The first kappa shape index (κ1) is 20.3. The second-order valence-electron chi connectivity index (χ2n) is 6.22. The molecular weight excluding hydrogens is 393 g/mol. The summed E-state index contributed by atoms with van der Waals surface area (Å²) in [5.74, 6) is -1.11. The van der Waals surface area contributed by atoms with E-state index in [0.29, 0.717) is 0 Å². The summed E-state index contributed by atoms with van der Waals surface area (Å²) in [5.41, 5.74) is 1.18. The highest BCUT2D eigenvalue weighted by Crippen LogP contribution is 2.30. The Morgan fingerprint density at radius 1 is 1.14 bits per heavy atom. The van der Waals surface area contributed by atoms with E-state index in [0.717, 1.165) is 23.0 Å². The molecule has 2 heterocycles. The lowest BCUT2D eigenvalue weighted by molar-refractivity contribution is -0.146. The first-order valence-electron chi connectivity index (χ1n) is 8.69. The van der Waals surface area contributed by atoms with E-state index < -0.39 is 22.0 Å². The van der Waals surface area contributed by atoms with Crippen LogP contribution in [0.1, 0.15) is 24.7 Å². The number of benzene rings is 1. The number of alkyl halides is 3. The van der Waals surface area contributed by atoms with Gasteiger partial charge in [0.05, 0.1) is 4.90 Å². The lowest BCUT2D eigenvalue weighted by atomic mass is 10.1. The summed E-state index contributed by atoms with van der Waals surface area (Å²) < 4.78 is 67.8.